The summed E-state index contributed by atoms with van der Waals surface area (Å²) in [6, 6.07) is 0. The van der Waals surface area contributed by atoms with Gasteiger partial charge in [-0.05, 0) is 19.3 Å². The topological polar surface area (TPSA) is 52.0 Å². The second-order valence-electron chi connectivity index (χ2n) is 4.21. The molecule has 2 rings (SSSR count). The molecule has 1 aliphatic carbocycles. The van der Waals surface area contributed by atoms with Gasteiger partial charge >= 0.3 is 0 Å². The minimum absolute atomic E-state index is 0.286. The molecule has 0 radical (unpaired) electrons. The molecule has 78 valence electrons. The second-order valence-corrected chi connectivity index (χ2v) is 4.21. The summed E-state index contributed by atoms with van der Waals surface area (Å²) in [6.07, 6.45) is 8.35. The van der Waals surface area contributed by atoms with Gasteiger partial charge in [0, 0.05) is 0 Å². The number of nitrogens with two attached hydrogens (primary N) is 1. The fourth-order valence-electron chi connectivity index (χ4n) is 2.09. The third-order valence-electron chi connectivity index (χ3n) is 3.09. The number of nitrogens with zero attached hydrogens (tertiary/aromatic N) is 1. The number of hydrogen-bond donors (Lipinski definition) is 1. The lowest BCUT2D eigenvalue weighted by Gasteiger charge is -2.29. The molecule has 3 heteroatoms. The standard InChI is InChI=1S/C11H18N2O/c1-2-9-8-14-10(13-9)11(12)6-4-3-5-7-11/h8H,2-7,12H2,1H3. The van der Waals surface area contributed by atoms with E-state index in [-0.39, 0.29) is 5.54 Å². The van der Waals surface area contributed by atoms with Crippen LogP contribution in [0, 0.1) is 0 Å². The van der Waals surface area contributed by atoms with Crippen molar-refractivity contribution in [1.29, 1.82) is 0 Å². The summed E-state index contributed by atoms with van der Waals surface area (Å²) in [4.78, 5) is 4.43. The van der Waals surface area contributed by atoms with Crippen LogP contribution in [-0.2, 0) is 12.0 Å². The molecule has 1 aliphatic rings. The maximum absolute atomic E-state index is 6.29. The van der Waals surface area contributed by atoms with E-state index >= 15 is 0 Å². The molecule has 1 aromatic heterocycles. The molecular weight excluding hydrogens is 176 g/mol. The highest BCUT2D eigenvalue weighted by atomic mass is 16.3. The average molecular weight is 194 g/mol. The first-order valence-corrected chi connectivity index (χ1v) is 5.48. The molecular formula is C11H18N2O. The van der Waals surface area contributed by atoms with E-state index in [2.05, 4.69) is 11.9 Å². The van der Waals surface area contributed by atoms with Crippen molar-refractivity contribution >= 4 is 0 Å². The predicted molar refractivity (Wildman–Crippen MR) is 54.8 cm³/mol. The average Bonchev–Trinajstić information content (AvgIpc) is 2.67. The van der Waals surface area contributed by atoms with Gasteiger partial charge in [-0.25, -0.2) is 4.98 Å². The van der Waals surface area contributed by atoms with E-state index in [9.17, 15) is 0 Å². The third kappa shape index (κ3) is 1.69. The Kier molecular flexibility index (Phi) is 2.59. The van der Waals surface area contributed by atoms with E-state index in [4.69, 9.17) is 10.2 Å². The number of aromatic nitrogens is 1. The number of aryl methyl sites for hydroxylation is 1. The Balaban J connectivity index is 2.19. The molecule has 0 aliphatic heterocycles. The minimum Gasteiger partial charge on any atom is -0.447 e. The van der Waals surface area contributed by atoms with Crippen LogP contribution in [0.5, 0.6) is 0 Å². The largest absolute Gasteiger partial charge is 0.447 e. The van der Waals surface area contributed by atoms with Crippen LogP contribution < -0.4 is 5.73 Å². The van der Waals surface area contributed by atoms with Crippen molar-refractivity contribution < 1.29 is 4.42 Å². The number of rotatable bonds is 2. The maximum Gasteiger partial charge on any atom is 0.214 e. The lowest BCUT2D eigenvalue weighted by Crippen LogP contribution is -2.38. The smallest absolute Gasteiger partial charge is 0.214 e. The van der Waals surface area contributed by atoms with Gasteiger partial charge in [0.25, 0.3) is 0 Å². The summed E-state index contributed by atoms with van der Waals surface area (Å²) < 4.78 is 5.46. The molecule has 0 amide bonds. The first kappa shape index (κ1) is 9.71. The maximum atomic E-state index is 6.29. The summed E-state index contributed by atoms with van der Waals surface area (Å²) in [6.45, 7) is 2.08. The second kappa shape index (κ2) is 3.73. The fourth-order valence-corrected chi connectivity index (χ4v) is 2.09. The van der Waals surface area contributed by atoms with Gasteiger partial charge in [0.15, 0.2) is 0 Å². The van der Waals surface area contributed by atoms with E-state index < -0.39 is 0 Å². The monoisotopic (exact) mass is 194 g/mol. The van der Waals surface area contributed by atoms with Crippen molar-refractivity contribution in [2.75, 3.05) is 0 Å². The lowest BCUT2D eigenvalue weighted by molar-refractivity contribution is 0.242. The molecule has 1 aromatic rings. The van der Waals surface area contributed by atoms with E-state index in [1.807, 2.05) is 0 Å². The molecule has 1 fully saturated rings. The highest BCUT2D eigenvalue weighted by molar-refractivity contribution is 5.07. The lowest BCUT2D eigenvalue weighted by atomic mass is 9.82. The molecule has 0 aromatic carbocycles. The van der Waals surface area contributed by atoms with Crippen LogP contribution in [-0.4, -0.2) is 4.98 Å². The van der Waals surface area contributed by atoms with Crippen LogP contribution >= 0.6 is 0 Å². The quantitative estimate of drug-likeness (QED) is 0.786. The van der Waals surface area contributed by atoms with Gasteiger partial charge in [-0.15, -0.1) is 0 Å². The van der Waals surface area contributed by atoms with Crippen LogP contribution in [0.4, 0.5) is 0 Å². The van der Waals surface area contributed by atoms with Crippen LogP contribution in [0.2, 0.25) is 0 Å². The molecule has 1 saturated carbocycles. The first-order chi connectivity index (χ1) is 6.74. The minimum atomic E-state index is -0.286. The van der Waals surface area contributed by atoms with Gasteiger partial charge in [-0.1, -0.05) is 26.2 Å². The summed E-state index contributed by atoms with van der Waals surface area (Å²) in [5, 5.41) is 0. The third-order valence-corrected chi connectivity index (χ3v) is 3.09. The van der Waals surface area contributed by atoms with Gasteiger partial charge in [-0.2, -0.15) is 0 Å². The summed E-state index contributed by atoms with van der Waals surface area (Å²) >= 11 is 0. The summed E-state index contributed by atoms with van der Waals surface area (Å²) in [7, 11) is 0. The van der Waals surface area contributed by atoms with Gasteiger partial charge in [0.1, 0.15) is 6.26 Å². The molecule has 0 spiro atoms. The SMILES string of the molecule is CCc1coc(C2(N)CCCCC2)n1. The van der Waals surface area contributed by atoms with E-state index in [0.717, 1.165) is 30.8 Å². The van der Waals surface area contributed by atoms with Gasteiger partial charge in [0.05, 0.1) is 11.2 Å². The van der Waals surface area contributed by atoms with Crippen molar-refractivity contribution in [3.63, 3.8) is 0 Å². The van der Waals surface area contributed by atoms with Crippen LogP contribution in [0.1, 0.15) is 50.6 Å². The zero-order valence-electron chi connectivity index (χ0n) is 8.75. The van der Waals surface area contributed by atoms with Crippen molar-refractivity contribution in [2.45, 2.75) is 51.0 Å². The normalized spacial score (nSPS) is 21.0. The fraction of sp³-hybridized carbons (Fsp3) is 0.727. The van der Waals surface area contributed by atoms with Gasteiger partial charge < -0.3 is 10.2 Å². The zero-order chi connectivity index (χ0) is 10.0. The first-order valence-electron chi connectivity index (χ1n) is 5.48. The Morgan fingerprint density at radius 3 is 2.71 bits per heavy atom. The highest BCUT2D eigenvalue weighted by Gasteiger charge is 2.33. The molecule has 2 N–H and O–H groups in total. The molecule has 0 unspecified atom stereocenters. The molecule has 1 heterocycles. The van der Waals surface area contributed by atoms with E-state index in [1.165, 1.54) is 19.3 Å². The van der Waals surface area contributed by atoms with E-state index in [0.29, 0.717) is 0 Å². The Hall–Kier alpha value is -0.830. The van der Waals surface area contributed by atoms with Crippen LogP contribution in [0.25, 0.3) is 0 Å². The summed E-state index contributed by atoms with van der Waals surface area (Å²) in [5.74, 6) is 0.744. The van der Waals surface area contributed by atoms with Gasteiger partial charge in [-0.3, -0.25) is 0 Å². The molecule has 0 bridgehead atoms. The molecule has 3 nitrogen and oxygen atoms in total. The Labute approximate surface area is 84.7 Å². The molecule has 14 heavy (non-hydrogen) atoms. The Bertz CT molecular complexity index is 300. The number of hydrogen-bond acceptors (Lipinski definition) is 3. The van der Waals surface area contributed by atoms with Crippen LogP contribution in [0.3, 0.4) is 0 Å². The predicted octanol–water partition coefficient (Wildman–Crippen LogP) is 2.36. The summed E-state index contributed by atoms with van der Waals surface area (Å²) in [5.41, 5.74) is 7.02. The molecule has 0 saturated heterocycles. The Morgan fingerprint density at radius 1 is 1.43 bits per heavy atom. The zero-order valence-corrected chi connectivity index (χ0v) is 8.75. The van der Waals surface area contributed by atoms with Crippen LogP contribution in [0.15, 0.2) is 10.7 Å². The van der Waals surface area contributed by atoms with Crippen molar-refractivity contribution in [2.24, 2.45) is 5.73 Å². The van der Waals surface area contributed by atoms with Gasteiger partial charge in [0.2, 0.25) is 5.89 Å². The molecule has 0 atom stereocenters. The van der Waals surface area contributed by atoms with Crippen molar-refractivity contribution in [3.05, 3.63) is 17.8 Å². The van der Waals surface area contributed by atoms with Crippen molar-refractivity contribution in [3.8, 4) is 0 Å². The number of oxazole rings is 1. The van der Waals surface area contributed by atoms with E-state index in [1.54, 1.807) is 6.26 Å². The Morgan fingerprint density at radius 2 is 2.14 bits per heavy atom. The highest BCUT2D eigenvalue weighted by Crippen LogP contribution is 2.34. The van der Waals surface area contributed by atoms with Crippen molar-refractivity contribution in [1.82, 2.24) is 4.98 Å².